The van der Waals surface area contributed by atoms with Gasteiger partial charge in [0.1, 0.15) is 5.75 Å². The smallest absolute Gasteiger partial charge is 0.119 e. The summed E-state index contributed by atoms with van der Waals surface area (Å²) in [4.78, 5) is 2.43. The van der Waals surface area contributed by atoms with Gasteiger partial charge in [0, 0.05) is 30.6 Å². The van der Waals surface area contributed by atoms with Crippen molar-refractivity contribution in [3.63, 3.8) is 0 Å². The van der Waals surface area contributed by atoms with Gasteiger partial charge in [-0.1, -0.05) is 5.16 Å². The van der Waals surface area contributed by atoms with Crippen LogP contribution in [0.15, 0.2) is 29.4 Å². The molecule has 2 saturated heterocycles. The third-order valence-electron chi connectivity index (χ3n) is 4.15. The van der Waals surface area contributed by atoms with Gasteiger partial charge in [0.2, 0.25) is 0 Å². The summed E-state index contributed by atoms with van der Waals surface area (Å²) in [7, 11) is 1.68. The van der Waals surface area contributed by atoms with Gasteiger partial charge >= 0.3 is 0 Å². The first kappa shape index (κ1) is 11.4. The molecule has 4 rings (SSSR count). The highest BCUT2D eigenvalue weighted by atomic mass is 16.5. The second-order valence-electron chi connectivity index (χ2n) is 5.07. The van der Waals surface area contributed by atoms with Crippen LogP contribution in [-0.2, 0) is 0 Å². The minimum absolute atomic E-state index is 0.419. The van der Waals surface area contributed by atoms with E-state index in [1.165, 1.54) is 12.1 Å². The van der Waals surface area contributed by atoms with Crippen LogP contribution in [0.5, 0.6) is 5.75 Å². The normalized spacial score (nSPS) is 28.7. The van der Waals surface area contributed by atoms with E-state index in [4.69, 9.17) is 9.94 Å². The van der Waals surface area contributed by atoms with Gasteiger partial charge in [-0.3, -0.25) is 0 Å². The molecule has 18 heavy (non-hydrogen) atoms. The standard InChI is InChI=1S/C14H18N2O2/c1-18-13-6-4-11(5-7-13)16-9-10-2-3-12(16)8-14(10)15-17/h4-7,10,12,17H,2-3,8-9H2,1H3. The lowest BCUT2D eigenvalue weighted by molar-refractivity contribution is 0.295. The number of fused-ring (bicyclic) bond motifs is 3. The fourth-order valence-corrected chi connectivity index (χ4v) is 3.13. The van der Waals surface area contributed by atoms with Crippen molar-refractivity contribution in [2.24, 2.45) is 11.1 Å². The number of methoxy groups -OCH3 is 1. The van der Waals surface area contributed by atoms with Crippen LogP contribution in [0, 0.1) is 5.92 Å². The minimum atomic E-state index is 0.419. The molecule has 1 aliphatic carbocycles. The highest BCUT2D eigenvalue weighted by Gasteiger charge is 2.38. The molecule has 2 unspecified atom stereocenters. The highest BCUT2D eigenvalue weighted by molar-refractivity contribution is 5.90. The number of ether oxygens (including phenoxy) is 1. The van der Waals surface area contributed by atoms with E-state index in [0.29, 0.717) is 12.0 Å². The van der Waals surface area contributed by atoms with Crippen LogP contribution in [0.2, 0.25) is 0 Å². The van der Waals surface area contributed by atoms with Gasteiger partial charge in [-0.2, -0.15) is 0 Å². The number of nitrogens with zero attached hydrogens (tertiary/aromatic N) is 2. The molecule has 1 aromatic rings. The van der Waals surface area contributed by atoms with Crippen molar-refractivity contribution in [1.29, 1.82) is 0 Å². The summed E-state index contributed by atoms with van der Waals surface area (Å²) in [6.07, 6.45) is 3.24. The maximum Gasteiger partial charge on any atom is 0.119 e. The second kappa shape index (κ2) is 4.52. The van der Waals surface area contributed by atoms with Gasteiger partial charge < -0.3 is 14.8 Å². The van der Waals surface area contributed by atoms with Crippen LogP contribution in [-0.4, -0.2) is 30.6 Å². The third-order valence-corrected chi connectivity index (χ3v) is 4.15. The lowest BCUT2D eigenvalue weighted by atomic mass is 9.78. The number of rotatable bonds is 2. The van der Waals surface area contributed by atoms with Crippen molar-refractivity contribution in [1.82, 2.24) is 0 Å². The third kappa shape index (κ3) is 1.82. The summed E-state index contributed by atoms with van der Waals surface area (Å²) in [5.74, 6) is 1.31. The van der Waals surface area contributed by atoms with Crippen molar-refractivity contribution in [3.8, 4) is 5.75 Å². The second-order valence-corrected chi connectivity index (χ2v) is 5.07. The van der Waals surface area contributed by atoms with Gasteiger partial charge in [0.15, 0.2) is 0 Å². The molecule has 4 heteroatoms. The molecule has 1 N–H and O–H groups in total. The Bertz CT molecular complexity index is 455. The van der Waals surface area contributed by atoms with Crippen LogP contribution in [0.3, 0.4) is 0 Å². The van der Waals surface area contributed by atoms with Crippen LogP contribution >= 0.6 is 0 Å². The van der Waals surface area contributed by atoms with E-state index < -0.39 is 0 Å². The molecular formula is C14H18N2O2. The van der Waals surface area contributed by atoms with E-state index >= 15 is 0 Å². The van der Waals surface area contributed by atoms with Crippen molar-refractivity contribution < 1.29 is 9.94 Å². The van der Waals surface area contributed by atoms with E-state index in [0.717, 1.165) is 30.8 Å². The maximum atomic E-state index is 8.99. The lowest BCUT2D eigenvalue weighted by Gasteiger charge is -2.46. The molecule has 0 spiro atoms. The molecule has 1 saturated carbocycles. The Labute approximate surface area is 107 Å². The molecular weight excluding hydrogens is 228 g/mol. The summed E-state index contributed by atoms with van der Waals surface area (Å²) in [6.45, 7) is 0.969. The van der Waals surface area contributed by atoms with Gasteiger partial charge in [0.25, 0.3) is 0 Å². The first-order valence-electron chi connectivity index (χ1n) is 6.43. The zero-order valence-electron chi connectivity index (χ0n) is 10.5. The first-order chi connectivity index (χ1) is 8.81. The monoisotopic (exact) mass is 246 g/mol. The molecule has 2 atom stereocenters. The maximum absolute atomic E-state index is 8.99. The van der Waals surface area contributed by atoms with Gasteiger partial charge in [-0.15, -0.1) is 0 Å². The fraction of sp³-hybridized carbons (Fsp3) is 0.500. The predicted molar refractivity (Wildman–Crippen MR) is 70.7 cm³/mol. The molecule has 2 bridgehead atoms. The molecule has 4 nitrogen and oxygen atoms in total. The molecule has 0 amide bonds. The quantitative estimate of drug-likeness (QED) is 0.644. The molecule has 3 fully saturated rings. The van der Waals surface area contributed by atoms with E-state index in [1.807, 2.05) is 12.1 Å². The largest absolute Gasteiger partial charge is 0.497 e. The van der Waals surface area contributed by atoms with E-state index in [1.54, 1.807) is 7.11 Å². The van der Waals surface area contributed by atoms with Crippen LogP contribution in [0.25, 0.3) is 0 Å². The van der Waals surface area contributed by atoms with Crippen LogP contribution in [0.4, 0.5) is 5.69 Å². The number of hydrogen-bond donors (Lipinski definition) is 1. The number of anilines is 1. The Morgan fingerprint density at radius 3 is 2.61 bits per heavy atom. The number of piperidine rings is 2. The van der Waals surface area contributed by atoms with Crippen LogP contribution in [0.1, 0.15) is 19.3 Å². The number of hydrogen-bond acceptors (Lipinski definition) is 4. The van der Waals surface area contributed by atoms with Gasteiger partial charge in [-0.25, -0.2) is 0 Å². The van der Waals surface area contributed by atoms with Gasteiger partial charge in [-0.05, 0) is 37.1 Å². The molecule has 0 aromatic heterocycles. The Morgan fingerprint density at radius 1 is 1.28 bits per heavy atom. The molecule has 2 heterocycles. The zero-order chi connectivity index (χ0) is 12.5. The van der Waals surface area contributed by atoms with Crippen molar-refractivity contribution in [2.75, 3.05) is 18.6 Å². The molecule has 2 aliphatic heterocycles. The van der Waals surface area contributed by atoms with E-state index in [2.05, 4.69) is 22.2 Å². The average molecular weight is 246 g/mol. The number of oxime groups is 1. The highest BCUT2D eigenvalue weighted by Crippen LogP contribution is 2.36. The van der Waals surface area contributed by atoms with Crippen molar-refractivity contribution in [3.05, 3.63) is 24.3 Å². The topological polar surface area (TPSA) is 45.1 Å². The van der Waals surface area contributed by atoms with E-state index in [-0.39, 0.29) is 0 Å². The van der Waals surface area contributed by atoms with E-state index in [9.17, 15) is 0 Å². The summed E-state index contributed by atoms with van der Waals surface area (Å²) in [5, 5.41) is 12.4. The fourth-order valence-electron chi connectivity index (χ4n) is 3.13. The molecule has 1 aromatic carbocycles. The summed E-state index contributed by atoms with van der Waals surface area (Å²) in [6, 6.07) is 8.69. The molecule has 0 radical (unpaired) electrons. The summed E-state index contributed by atoms with van der Waals surface area (Å²) in [5.41, 5.74) is 2.22. The Morgan fingerprint density at radius 2 is 2.06 bits per heavy atom. The Kier molecular flexibility index (Phi) is 2.86. The zero-order valence-corrected chi connectivity index (χ0v) is 10.5. The van der Waals surface area contributed by atoms with Crippen molar-refractivity contribution >= 4 is 11.4 Å². The predicted octanol–water partition coefficient (Wildman–Crippen LogP) is 2.51. The molecule has 96 valence electrons. The molecule has 3 aliphatic rings. The lowest BCUT2D eigenvalue weighted by Crippen LogP contribution is -2.52. The number of benzene rings is 1. The minimum Gasteiger partial charge on any atom is -0.497 e. The Balaban J connectivity index is 1.81. The Hall–Kier alpha value is -1.71. The average Bonchev–Trinajstić information content (AvgIpc) is 2.47. The van der Waals surface area contributed by atoms with Crippen molar-refractivity contribution in [2.45, 2.75) is 25.3 Å². The summed E-state index contributed by atoms with van der Waals surface area (Å²) >= 11 is 0. The SMILES string of the molecule is COc1ccc(N2CC3CCC2CC3=NO)cc1. The first-order valence-corrected chi connectivity index (χ1v) is 6.43. The summed E-state index contributed by atoms with van der Waals surface area (Å²) < 4.78 is 5.18. The van der Waals surface area contributed by atoms with Gasteiger partial charge in [0.05, 0.1) is 12.8 Å². The van der Waals surface area contributed by atoms with Crippen LogP contribution < -0.4 is 9.64 Å².